The molecule has 62 valence electrons. The van der Waals surface area contributed by atoms with Gasteiger partial charge in [-0.05, 0) is 36.0 Å². The van der Waals surface area contributed by atoms with E-state index in [4.69, 9.17) is 0 Å². The molecule has 0 bridgehead atoms. The van der Waals surface area contributed by atoms with Crippen molar-refractivity contribution in [3.05, 3.63) is 23.4 Å². The van der Waals surface area contributed by atoms with Crippen LogP contribution in [0.1, 0.15) is 12.8 Å². The van der Waals surface area contributed by atoms with Gasteiger partial charge < -0.3 is 5.32 Å². The molecule has 0 spiro atoms. The summed E-state index contributed by atoms with van der Waals surface area (Å²) in [4.78, 5) is 4.37. The van der Waals surface area contributed by atoms with Crippen LogP contribution in [-0.2, 0) is 0 Å². The Morgan fingerprint density at radius 1 is 1.50 bits per heavy atom. The van der Waals surface area contributed by atoms with Crippen molar-refractivity contribution in [3.63, 3.8) is 0 Å². The molecule has 3 aliphatic rings. The Labute approximate surface area is 72.1 Å². The van der Waals surface area contributed by atoms with Crippen LogP contribution in [0.5, 0.6) is 0 Å². The lowest BCUT2D eigenvalue weighted by molar-refractivity contribution is 0.601. The van der Waals surface area contributed by atoms with E-state index in [0.29, 0.717) is 0 Å². The van der Waals surface area contributed by atoms with Gasteiger partial charge in [0.05, 0.1) is 0 Å². The van der Waals surface area contributed by atoms with E-state index in [9.17, 15) is 0 Å². The third-order valence-corrected chi connectivity index (χ3v) is 3.06. The van der Waals surface area contributed by atoms with E-state index in [-0.39, 0.29) is 0 Å². The van der Waals surface area contributed by atoms with Crippen molar-refractivity contribution >= 4 is 5.71 Å². The molecule has 1 aliphatic carbocycles. The molecule has 1 fully saturated rings. The summed E-state index contributed by atoms with van der Waals surface area (Å²) in [5.41, 5.74) is 4.37. The standard InChI is InChI=1S/C10H12N2/c1-2-10-8(3-4-12-10)9-6-11-5-7(1)9/h3-4,7,11H,1-2,5-6H2. The maximum Gasteiger partial charge on any atom is 0.0476 e. The largest absolute Gasteiger partial charge is 0.312 e. The number of allylic oxidation sites excluding steroid dienone is 2. The first-order valence-corrected chi connectivity index (χ1v) is 4.62. The summed E-state index contributed by atoms with van der Waals surface area (Å²) in [7, 11) is 0. The van der Waals surface area contributed by atoms with E-state index in [1.165, 1.54) is 30.7 Å². The highest BCUT2D eigenvalue weighted by molar-refractivity contribution is 6.06. The van der Waals surface area contributed by atoms with E-state index >= 15 is 0 Å². The average molecular weight is 160 g/mol. The SMILES string of the molecule is C1=CC2=C3CNCC3CCC2=N1. The van der Waals surface area contributed by atoms with Gasteiger partial charge in [-0.1, -0.05) is 0 Å². The minimum Gasteiger partial charge on any atom is -0.312 e. The molecule has 1 saturated heterocycles. The summed E-state index contributed by atoms with van der Waals surface area (Å²) in [6.07, 6.45) is 6.59. The molecule has 1 atom stereocenters. The van der Waals surface area contributed by atoms with E-state index < -0.39 is 0 Å². The molecule has 3 rings (SSSR count). The van der Waals surface area contributed by atoms with Gasteiger partial charge in [0.25, 0.3) is 0 Å². The van der Waals surface area contributed by atoms with Crippen molar-refractivity contribution in [1.82, 2.24) is 5.32 Å². The van der Waals surface area contributed by atoms with E-state index in [0.717, 1.165) is 12.5 Å². The lowest BCUT2D eigenvalue weighted by Gasteiger charge is -2.19. The van der Waals surface area contributed by atoms with Crippen molar-refractivity contribution in [2.24, 2.45) is 10.9 Å². The Bertz CT molecular complexity index is 310. The number of aliphatic imine (C=N–C) groups is 1. The molecule has 0 saturated carbocycles. The van der Waals surface area contributed by atoms with Crippen molar-refractivity contribution in [3.8, 4) is 0 Å². The zero-order valence-corrected chi connectivity index (χ0v) is 7.01. The molecular formula is C10H12N2. The van der Waals surface area contributed by atoms with Crippen LogP contribution in [0, 0.1) is 5.92 Å². The number of fused-ring (bicyclic) bond motifs is 2. The van der Waals surface area contributed by atoms with Gasteiger partial charge in [0, 0.05) is 25.0 Å². The quantitative estimate of drug-likeness (QED) is 0.567. The lowest BCUT2D eigenvalue weighted by atomic mass is 9.84. The molecule has 12 heavy (non-hydrogen) atoms. The summed E-state index contributed by atoms with van der Waals surface area (Å²) >= 11 is 0. The summed E-state index contributed by atoms with van der Waals surface area (Å²) in [6.45, 7) is 2.27. The molecule has 2 heterocycles. The maximum atomic E-state index is 4.37. The van der Waals surface area contributed by atoms with Gasteiger partial charge in [0.2, 0.25) is 0 Å². The smallest absolute Gasteiger partial charge is 0.0476 e. The second-order valence-electron chi connectivity index (χ2n) is 3.70. The minimum absolute atomic E-state index is 0.807. The average Bonchev–Trinajstić information content (AvgIpc) is 2.71. The van der Waals surface area contributed by atoms with E-state index in [2.05, 4.69) is 16.4 Å². The molecule has 0 aromatic carbocycles. The molecule has 0 radical (unpaired) electrons. The fourth-order valence-electron chi connectivity index (χ4n) is 2.41. The number of hydrogen-bond donors (Lipinski definition) is 1. The first-order valence-electron chi connectivity index (χ1n) is 4.62. The Hall–Kier alpha value is -0.890. The van der Waals surface area contributed by atoms with Crippen LogP contribution in [0.2, 0.25) is 0 Å². The zero-order chi connectivity index (χ0) is 7.97. The van der Waals surface area contributed by atoms with Gasteiger partial charge in [-0.2, -0.15) is 0 Å². The van der Waals surface area contributed by atoms with Gasteiger partial charge in [-0.25, -0.2) is 0 Å². The van der Waals surface area contributed by atoms with Crippen LogP contribution in [0.3, 0.4) is 0 Å². The first kappa shape index (κ1) is 6.61. The Kier molecular flexibility index (Phi) is 1.27. The second-order valence-corrected chi connectivity index (χ2v) is 3.70. The van der Waals surface area contributed by atoms with Crippen LogP contribution < -0.4 is 5.32 Å². The van der Waals surface area contributed by atoms with Gasteiger partial charge in [0.1, 0.15) is 0 Å². The summed E-state index contributed by atoms with van der Waals surface area (Å²) in [5, 5.41) is 3.43. The van der Waals surface area contributed by atoms with Crippen molar-refractivity contribution in [2.75, 3.05) is 13.1 Å². The highest BCUT2D eigenvalue weighted by atomic mass is 14.9. The normalized spacial score (nSPS) is 32.0. The Balaban J connectivity index is 2.12. The van der Waals surface area contributed by atoms with E-state index in [1.807, 2.05) is 6.20 Å². The maximum absolute atomic E-state index is 4.37. The molecule has 2 heteroatoms. The van der Waals surface area contributed by atoms with E-state index in [1.54, 1.807) is 5.57 Å². The molecule has 0 aromatic rings. The number of nitrogens with one attached hydrogen (secondary N) is 1. The molecule has 2 aliphatic heterocycles. The number of rotatable bonds is 0. The molecule has 1 N–H and O–H groups in total. The van der Waals surface area contributed by atoms with Crippen LogP contribution in [-0.4, -0.2) is 18.8 Å². The number of nitrogens with zero attached hydrogens (tertiary/aromatic N) is 1. The molecule has 1 unspecified atom stereocenters. The first-order chi connectivity index (χ1) is 5.95. The third-order valence-electron chi connectivity index (χ3n) is 3.06. The minimum atomic E-state index is 0.807. The van der Waals surface area contributed by atoms with Crippen LogP contribution in [0.25, 0.3) is 0 Å². The monoisotopic (exact) mass is 160 g/mol. The summed E-state index contributed by atoms with van der Waals surface area (Å²) in [6, 6.07) is 0. The second kappa shape index (κ2) is 2.30. The van der Waals surface area contributed by atoms with Crippen molar-refractivity contribution in [1.29, 1.82) is 0 Å². The Morgan fingerprint density at radius 2 is 2.50 bits per heavy atom. The highest BCUT2D eigenvalue weighted by Crippen LogP contribution is 2.33. The lowest BCUT2D eigenvalue weighted by Crippen LogP contribution is -2.16. The van der Waals surface area contributed by atoms with Crippen LogP contribution >= 0.6 is 0 Å². The predicted octanol–water partition coefficient (Wildman–Crippen LogP) is 1.26. The molecule has 0 amide bonds. The van der Waals surface area contributed by atoms with Crippen molar-refractivity contribution < 1.29 is 0 Å². The third kappa shape index (κ3) is 0.758. The van der Waals surface area contributed by atoms with Crippen LogP contribution in [0.15, 0.2) is 28.4 Å². The van der Waals surface area contributed by atoms with Crippen LogP contribution in [0.4, 0.5) is 0 Å². The fourth-order valence-corrected chi connectivity index (χ4v) is 2.41. The molecule has 2 nitrogen and oxygen atoms in total. The van der Waals surface area contributed by atoms with Gasteiger partial charge in [0.15, 0.2) is 0 Å². The fraction of sp³-hybridized carbons (Fsp3) is 0.500. The zero-order valence-electron chi connectivity index (χ0n) is 7.01. The molecule has 0 aromatic heterocycles. The Morgan fingerprint density at radius 3 is 3.50 bits per heavy atom. The summed E-state index contributed by atoms with van der Waals surface area (Å²) < 4.78 is 0. The molecular weight excluding hydrogens is 148 g/mol. The van der Waals surface area contributed by atoms with Crippen molar-refractivity contribution in [2.45, 2.75) is 12.8 Å². The number of hydrogen-bond acceptors (Lipinski definition) is 2. The topological polar surface area (TPSA) is 24.4 Å². The summed E-state index contributed by atoms with van der Waals surface area (Å²) in [5.74, 6) is 0.807. The highest BCUT2D eigenvalue weighted by Gasteiger charge is 2.29. The predicted molar refractivity (Wildman–Crippen MR) is 49.2 cm³/mol. The van der Waals surface area contributed by atoms with Gasteiger partial charge >= 0.3 is 0 Å². The van der Waals surface area contributed by atoms with Gasteiger partial charge in [-0.3, -0.25) is 4.99 Å². The van der Waals surface area contributed by atoms with Gasteiger partial charge in [-0.15, -0.1) is 0 Å².